The first-order valence-corrected chi connectivity index (χ1v) is 1.84. The summed E-state index contributed by atoms with van der Waals surface area (Å²) < 4.78 is 3.05. The molecular formula is C2HN3S. The van der Waals surface area contributed by atoms with E-state index in [1.54, 1.807) is 5.40 Å². The highest BCUT2D eigenvalue weighted by atomic mass is 32.2. The molecule has 0 saturated heterocycles. The number of hydrogen-bond acceptors (Lipinski definition) is 4. The highest BCUT2D eigenvalue weighted by molar-refractivity contribution is 8.02. The van der Waals surface area contributed by atoms with Crippen molar-refractivity contribution in [2.45, 2.75) is 0 Å². The Hall–Kier alpha value is -0.560. The van der Waals surface area contributed by atoms with Crippen LogP contribution in [0.2, 0.25) is 0 Å². The number of nitriles is 1. The number of rotatable bonds is 1. The normalized spacial score (nSPS) is 8.67. The quantitative estimate of drug-likeness (QED) is 0.282. The maximum Gasteiger partial charge on any atom is 0.159 e. The molecule has 30 valence electrons. The van der Waals surface area contributed by atoms with Crippen LogP contribution in [0.3, 0.4) is 0 Å². The lowest BCUT2D eigenvalue weighted by Crippen LogP contribution is -1.34. The second-order valence-electron chi connectivity index (χ2n) is 0.380. The van der Waals surface area contributed by atoms with Crippen LogP contribution in [0.15, 0.2) is 9.63 Å². The highest BCUT2D eigenvalue weighted by Gasteiger charge is 1.65. The molecule has 0 unspecified atom stereocenters. The van der Waals surface area contributed by atoms with Gasteiger partial charge in [0.05, 0.1) is 0 Å². The molecule has 3 nitrogen and oxygen atoms in total. The van der Waals surface area contributed by atoms with Gasteiger partial charge in [0, 0.05) is 0 Å². The van der Waals surface area contributed by atoms with E-state index in [1.165, 1.54) is 0 Å². The van der Waals surface area contributed by atoms with Crippen LogP contribution >= 0.6 is 11.9 Å². The lowest BCUT2D eigenvalue weighted by Gasteiger charge is -1.61. The van der Waals surface area contributed by atoms with E-state index in [-0.39, 0.29) is 0 Å². The Morgan fingerprint density at radius 1 is 1.83 bits per heavy atom. The Morgan fingerprint density at radius 3 is 2.67 bits per heavy atom. The Bertz CT molecular complexity index is 81.3. The zero-order valence-electron chi connectivity index (χ0n) is 2.83. The standard InChI is InChI=1S/C2HN3S/c1-4-5-6-2-3/h1H. The zero-order valence-corrected chi connectivity index (χ0v) is 3.64. The highest BCUT2D eigenvalue weighted by Crippen LogP contribution is 1.95. The van der Waals surface area contributed by atoms with Gasteiger partial charge >= 0.3 is 0 Å². The molecule has 0 aromatic rings. The van der Waals surface area contributed by atoms with E-state index in [0.29, 0.717) is 11.9 Å². The van der Waals surface area contributed by atoms with Crippen LogP contribution in [0.4, 0.5) is 0 Å². The molecule has 0 aromatic carbocycles. The van der Waals surface area contributed by atoms with Gasteiger partial charge in [-0.2, -0.15) is 10.4 Å². The molecule has 4 heteroatoms. The summed E-state index contributed by atoms with van der Waals surface area (Å²) in [5, 5.41) is 12.1. The van der Waals surface area contributed by atoms with Crippen LogP contribution in [-0.4, -0.2) is 0 Å². The van der Waals surface area contributed by atoms with Crippen LogP contribution in [0, 0.1) is 17.7 Å². The smallest absolute Gasteiger partial charge is 0.159 e. The van der Waals surface area contributed by atoms with Crippen molar-refractivity contribution in [1.82, 2.24) is 0 Å². The summed E-state index contributed by atoms with van der Waals surface area (Å²) in [5.41, 5.74) is 0. The van der Waals surface area contributed by atoms with E-state index in [0.717, 1.165) is 0 Å². The predicted molar refractivity (Wildman–Crippen MR) is 22.4 cm³/mol. The molecule has 6 heavy (non-hydrogen) atoms. The van der Waals surface area contributed by atoms with Gasteiger partial charge in [-0.1, -0.05) is 0 Å². The molecule has 0 atom stereocenters. The molecule has 0 rings (SSSR count). The summed E-state index contributed by atoms with van der Waals surface area (Å²) >= 11 is 0.647. The fourth-order valence-corrected chi connectivity index (χ4v) is 0.125. The SMILES string of the molecule is [CH]N=NSC#N. The van der Waals surface area contributed by atoms with Crippen molar-refractivity contribution in [3.63, 3.8) is 0 Å². The molecule has 0 aliphatic carbocycles. The summed E-state index contributed by atoms with van der Waals surface area (Å²) in [6.45, 7) is 0. The van der Waals surface area contributed by atoms with E-state index >= 15 is 0 Å². The predicted octanol–water partition coefficient (Wildman–Crippen LogP) is 1.24. The average molecular weight is 99.1 g/mol. The van der Waals surface area contributed by atoms with Gasteiger partial charge in [-0.15, -0.1) is 4.52 Å². The van der Waals surface area contributed by atoms with Crippen molar-refractivity contribution in [2.75, 3.05) is 0 Å². The molecule has 0 amide bonds. The summed E-state index contributed by atoms with van der Waals surface area (Å²) in [6, 6.07) is 0. The molecule has 0 fully saturated rings. The van der Waals surface area contributed by atoms with Crippen LogP contribution in [-0.2, 0) is 0 Å². The lowest BCUT2D eigenvalue weighted by molar-refractivity contribution is 1.35. The third-order valence-electron chi connectivity index (χ3n) is 0.129. The van der Waals surface area contributed by atoms with Gasteiger partial charge in [0.15, 0.2) is 5.40 Å². The zero-order chi connectivity index (χ0) is 4.83. The molecule has 0 aromatic heterocycles. The van der Waals surface area contributed by atoms with E-state index in [1.807, 2.05) is 0 Å². The second-order valence-corrected chi connectivity index (χ2v) is 0.908. The number of thiocyanates is 1. The fraction of sp³-hybridized carbons (Fsp3) is 0. The van der Waals surface area contributed by atoms with Crippen molar-refractivity contribution in [2.24, 2.45) is 9.63 Å². The van der Waals surface area contributed by atoms with Gasteiger partial charge in [0.25, 0.3) is 0 Å². The molecule has 2 radical (unpaired) electrons. The third-order valence-corrected chi connectivity index (χ3v) is 0.386. The first-order valence-electron chi connectivity index (χ1n) is 1.07. The van der Waals surface area contributed by atoms with Crippen LogP contribution in [0.5, 0.6) is 0 Å². The first-order chi connectivity index (χ1) is 2.91. The van der Waals surface area contributed by atoms with Gasteiger partial charge in [-0.05, 0) is 0 Å². The first kappa shape index (κ1) is 5.44. The summed E-state index contributed by atoms with van der Waals surface area (Å²) in [5.74, 6) is 0. The van der Waals surface area contributed by atoms with E-state index in [2.05, 4.69) is 16.7 Å². The maximum absolute atomic E-state index is 7.70. The average Bonchev–Trinajstić information content (AvgIpc) is 1.61. The largest absolute Gasteiger partial charge is 0.183 e. The topological polar surface area (TPSA) is 48.5 Å². The van der Waals surface area contributed by atoms with Crippen LogP contribution in [0.1, 0.15) is 0 Å². The molecule has 0 bridgehead atoms. The minimum Gasteiger partial charge on any atom is -0.183 e. The van der Waals surface area contributed by atoms with Gasteiger partial charge < -0.3 is 0 Å². The molecule has 0 heterocycles. The van der Waals surface area contributed by atoms with E-state index in [9.17, 15) is 0 Å². The van der Waals surface area contributed by atoms with Crippen LogP contribution in [0.25, 0.3) is 0 Å². The molecule has 0 aliphatic heterocycles. The maximum atomic E-state index is 7.70. The second kappa shape index (κ2) is 4.44. The van der Waals surface area contributed by atoms with Crippen molar-refractivity contribution < 1.29 is 0 Å². The van der Waals surface area contributed by atoms with Crippen molar-refractivity contribution in [3.05, 3.63) is 7.05 Å². The monoisotopic (exact) mass is 99.0 g/mol. The summed E-state index contributed by atoms with van der Waals surface area (Å²) in [7, 11) is 4.50. The van der Waals surface area contributed by atoms with Gasteiger partial charge in [-0.25, -0.2) is 0 Å². The summed E-state index contributed by atoms with van der Waals surface area (Å²) in [6.07, 6.45) is 0. The van der Waals surface area contributed by atoms with Gasteiger partial charge in [0.2, 0.25) is 0 Å². The van der Waals surface area contributed by atoms with Gasteiger partial charge in [0.1, 0.15) is 19.0 Å². The molecular weight excluding hydrogens is 98.1 g/mol. The Balaban J connectivity index is 2.92. The van der Waals surface area contributed by atoms with E-state index < -0.39 is 0 Å². The molecule has 0 N–H and O–H groups in total. The third kappa shape index (κ3) is 3.44. The lowest BCUT2D eigenvalue weighted by atomic mass is 11.6. The van der Waals surface area contributed by atoms with E-state index in [4.69, 9.17) is 5.26 Å². The Labute approximate surface area is 40.2 Å². The Kier molecular flexibility index (Phi) is 4.03. The van der Waals surface area contributed by atoms with Crippen molar-refractivity contribution in [1.29, 1.82) is 5.26 Å². The van der Waals surface area contributed by atoms with Gasteiger partial charge in [-0.3, -0.25) is 0 Å². The number of hydrogen-bond donors (Lipinski definition) is 0. The minimum atomic E-state index is 0.647. The molecule has 0 spiro atoms. The molecule has 0 saturated carbocycles. The fourth-order valence-electron chi connectivity index (χ4n) is 0.0418. The minimum absolute atomic E-state index is 0.647. The number of nitrogens with zero attached hydrogens (tertiary/aromatic N) is 3. The summed E-state index contributed by atoms with van der Waals surface area (Å²) in [4.78, 5) is 0. The van der Waals surface area contributed by atoms with Crippen molar-refractivity contribution in [3.8, 4) is 5.40 Å². The molecule has 0 aliphatic rings. The van der Waals surface area contributed by atoms with Crippen LogP contribution < -0.4 is 0 Å². The van der Waals surface area contributed by atoms with Crippen molar-refractivity contribution >= 4 is 11.9 Å². The Morgan fingerprint density at radius 2 is 2.50 bits per heavy atom.